The van der Waals surface area contributed by atoms with Crippen molar-refractivity contribution < 1.29 is 9.53 Å². The lowest BCUT2D eigenvalue weighted by atomic mass is 10.4. The van der Waals surface area contributed by atoms with E-state index in [0.29, 0.717) is 31.4 Å². The second kappa shape index (κ2) is 8.25. The van der Waals surface area contributed by atoms with E-state index in [1.165, 1.54) is 0 Å². The van der Waals surface area contributed by atoms with Crippen LogP contribution < -0.4 is 16.4 Å². The summed E-state index contributed by atoms with van der Waals surface area (Å²) in [6, 6.07) is 1.79. The lowest BCUT2D eigenvalue weighted by Gasteiger charge is -2.10. The molecule has 1 aromatic rings. The molecule has 0 fully saturated rings. The molecule has 1 aromatic heterocycles. The third-order valence-corrected chi connectivity index (χ3v) is 2.24. The van der Waals surface area contributed by atoms with Crippen LogP contribution in [0.2, 0.25) is 0 Å². The number of amides is 1. The molecule has 0 saturated heterocycles. The van der Waals surface area contributed by atoms with Gasteiger partial charge in [0, 0.05) is 32.2 Å². The molecule has 106 valence electrons. The number of nitrogens with one attached hydrogen (secondary N) is 2. The summed E-state index contributed by atoms with van der Waals surface area (Å²) in [5.41, 5.74) is 5.09. The molecule has 0 saturated carbocycles. The van der Waals surface area contributed by atoms with E-state index in [9.17, 15) is 4.79 Å². The van der Waals surface area contributed by atoms with E-state index < -0.39 is 0 Å². The zero-order valence-electron chi connectivity index (χ0n) is 11.4. The molecular weight excluding hydrogens is 246 g/mol. The molecule has 0 aromatic carbocycles. The predicted octanol–water partition coefficient (Wildman–Crippen LogP) is 0.732. The zero-order valence-corrected chi connectivity index (χ0v) is 11.4. The molecule has 0 atom stereocenters. The van der Waals surface area contributed by atoms with Gasteiger partial charge in [0.2, 0.25) is 5.91 Å². The van der Waals surface area contributed by atoms with Gasteiger partial charge >= 0.3 is 0 Å². The maximum Gasteiger partial charge on any atom is 0.219 e. The molecule has 1 amide bonds. The van der Waals surface area contributed by atoms with Crippen molar-refractivity contribution in [2.45, 2.75) is 26.9 Å². The van der Waals surface area contributed by atoms with Gasteiger partial charge in [-0.2, -0.15) is 0 Å². The van der Waals surface area contributed by atoms with Crippen LogP contribution in [0.1, 0.15) is 26.1 Å². The number of nitrogens with two attached hydrogens (primary N) is 1. The summed E-state index contributed by atoms with van der Waals surface area (Å²) in [6.07, 6.45) is 0.265. The number of nitrogens with zero attached hydrogens (tertiary/aromatic N) is 2. The average molecular weight is 267 g/mol. The molecule has 4 N–H and O–H groups in total. The Morgan fingerprint density at radius 2 is 2.00 bits per heavy atom. The first kappa shape index (κ1) is 15.2. The zero-order chi connectivity index (χ0) is 14.1. The number of hydrogen-bond donors (Lipinski definition) is 3. The molecule has 0 unspecified atom stereocenters. The second-order valence-electron chi connectivity index (χ2n) is 3.87. The largest absolute Gasteiger partial charge is 0.374 e. The van der Waals surface area contributed by atoms with Crippen LogP contribution in [0.15, 0.2) is 6.07 Å². The smallest absolute Gasteiger partial charge is 0.219 e. The Bertz CT molecular complexity index is 411. The Balaban J connectivity index is 2.71. The first-order valence-electron chi connectivity index (χ1n) is 6.37. The second-order valence-corrected chi connectivity index (χ2v) is 3.87. The highest BCUT2D eigenvalue weighted by atomic mass is 16.5. The van der Waals surface area contributed by atoms with Crippen molar-refractivity contribution in [3.05, 3.63) is 11.9 Å². The number of primary amides is 1. The van der Waals surface area contributed by atoms with E-state index in [0.717, 1.165) is 12.4 Å². The fourth-order valence-electron chi connectivity index (χ4n) is 1.43. The molecule has 0 bridgehead atoms. The topological polar surface area (TPSA) is 102 Å². The van der Waals surface area contributed by atoms with Crippen LogP contribution in [0.3, 0.4) is 0 Å². The highest BCUT2D eigenvalue weighted by Gasteiger charge is 2.04. The van der Waals surface area contributed by atoms with E-state index in [-0.39, 0.29) is 12.3 Å². The van der Waals surface area contributed by atoms with Gasteiger partial charge in [0.25, 0.3) is 0 Å². The summed E-state index contributed by atoms with van der Waals surface area (Å²) in [7, 11) is 0. The lowest BCUT2D eigenvalue weighted by Crippen LogP contribution is -2.17. The van der Waals surface area contributed by atoms with Gasteiger partial charge in [-0.1, -0.05) is 0 Å². The lowest BCUT2D eigenvalue weighted by molar-refractivity contribution is -0.117. The van der Waals surface area contributed by atoms with Crippen molar-refractivity contribution >= 4 is 17.5 Å². The summed E-state index contributed by atoms with van der Waals surface area (Å²) in [5, 5.41) is 6.17. The van der Waals surface area contributed by atoms with Crippen molar-refractivity contribution in [3.8, 4) is 0 Å². The SMILES string of the molecule is CCNc1cc(NCCC(N)=O)nc(COCC)n1. The van der Waals surface area contributed by atoms with E-state index >= 15 is 0 Å². The highest BCUT2D eigenvalue weighted by molar-refractivity contribution is 5.74. The van der Waals surface area contributed by atoms with Gasteiger partial charge in [-0.15, -0.1) is 0 Å². The number of rotatable bonds is 9. The Labute approximate surface area is 113 Å². The summed E-state index contributed by atoms with van der Waals surface area (Å²) < 4.78 is 5.30. The number of anilines is 2. The molecule has 0 aliphatic heterocycles. The Kier molecular flexibility index (Phi) is 6.59. The monoisotopic (exact) mass is 267 g/mol. The van der Waals surface area contributed by atoms with Gasteiger partial charge in [0.1, 0.15) is 18.2 Å². The normalized spacial score (nSPS) is 10.2. The van der Waals surface area contributed by atoms with Crippen LogP contribution >= 0.6 is 0 Å². The minimum absolute atomic E-state index is 0.265. The Morgan fingerprint density at radius 1 is 1.32 bits per heavy atom. The van der Waals surface area contributed by atoms with Gasteiger partial charge in [-0.05, 0) is 13.8 Å². The van der Waals surface area contributed by atoms with Crippen LogP contribution in [0.4, 0.5) is 11.6 Å². The van der Waals surface area contributed by atoms with Crippen LogP contribution in [0.25, 0.3) is 0 Å². The molecule has 7 heteroatoms. The van der Waals surface area contributed by atoms with Crippen molar-refractivity contribution in [1.29, 1.82) is 0 Å². The summed E-state index contributed by atoms with van der Waals surface area (Å²) in [6.45, 7) is 6.10. The molecule has 0 radical (unpaired) electrons. The number of carbonyl (C=O) groups is 1. The summed E-state index contributed by atoms with van der Waals surface area (Å²) >= 11 is 0. The first-order chi connectivity index (χ1) is 9.15. The van der Waals surface area contributed by atoms with E-state index in [1.54, 1.807) is 6.07 Å². The predicted molar refractivity (Wildman–Crippen MR) is 73.8 cm³/mol. The quantitative estimate of drug-likeness (QED) is 0.609. The van der Waals surface area contributed by atoms with Crippen LogP contribution in [0.5, 0.6) is 0 Å². The van der Waals surface area contributed by atoms with Crippen molar-refractivity contribution in [1.82, 2.24) is 9.97 Å². The minimum atomic E-state index is -0.344. The maximum atomic E-state index is 10.7. The maximum absolute atomic E-state index is 10.7. The third kappa shape index (κ3) is 6.01. The fourth-order valence-corrected chi connectivity index (χ4v) is 1.43. The molecule has 1 heterocycles. The van der Waals surface area contributed by atoms with Gasteiger partial charge in [0.05, 0.1) is 0 Å². The van der Waals surface area contributed by atoms with Gasteiger partial charge in [-0.25, -0.2) is 9.97 Å². The number of ether oxygens (including phenoxy) is 1. The molecule has 1 rings (SSSR count). The molecule has 0 spiro atoms. The van der Waals surface area contributed by atoms with Crippen molar-refractivity contribution in [2.24, 2.45) is 5.73 Å². The highest BCUT2D eigenvalue weighted by Crippen LogP contribution is 2.12. The van der Waals surface area contributed by atoms with Gasteiger partial charge in [-0.3, -0.25) is 4.79 Å². The van der Waals surface area contributed by atoms with Crippen LogP contribution in [-0.4, -0.2) is 35.6 Å². The molecule has 19 heavy (non-hydrogen) atoms. The fraction of sp³-hybridized carbons (Fsp3) is 0.583. The van der Waals surface area contributed by atoms with E-state index in [2.05, 4.69) is 20.6 Å². The van der Waals surface area contributed by atoms with Crippen LogP contribution in [0, 0.1) is 0 Å². The number of aromatic nitrogens is 2. The standard InChI is InChI=1S/C12H21N5O2/c1-3-14-10-7-11(15-6-5-9(13)18)17-12(16-10)8-19-4-2/h7H,3-6,8H2,1-2H3,(H2,13,18)(H2,14,15,16,17). The van der Waals surface area contributed by atoms with E-state index in [1.807, 2.05) is 13.8 Å². The summed E-state index contributed by atoms with van der Waals surface area (Å²) in [5.74, 6) is 1.64. The number of hydrogen-bond acceptors (Lipinski definition) is 6. The van der Waals surface area contributed by atoms with E-state index in [4.69, 9.17) is 10.5 Å². The first-order valence-corrected chi connectivity index (χ1v) is 6.37. The molecule has 0 aliphatic rings. The average Bonchev–Trinajstić information content (AvgIpc) is 2.36. The summed E-state index contributed by atoms with van der Waals surface area (Å²) in [4.78, 5) is 19.3. The molecule has 0 aliphatic carbocycles. The van der Waals surface area contributed by atoms with Crippen molar-refractivity contribution in [2.75, 3.05) is 30.3 Å². The van der Waals surface area contributed by atoms with Crippen LogP contribution in [-0.2, 0) is 16.1 Å². The molecule has 7 nitrogen and oxygen atoms in total. The Morgan fingerprint density at radius 3 is 2.58 bits per heavy atom. The van der Waals surface area contributed by atoms with Crippen molar-refractivity contribution in [3.63, 3.8) is 0 Å². The third-order valence-electron chi connectivity index (χ3n) is 2.24. The van der Waals surface area contributed by atoms with Gasteiger partial charge in [0.15, 0.2) is 5.82 Å². The Hall–Kier alpha value is -1.89. The van der Waals surface area contributed by atoms with Gasteiger partial charge < -0.3 is 21.1 Å². The minimum Gasteiger partial charge on any atom is -0.374 e. The molecular formula is C12H21N5O2. The number of carbonyl (C=O) groups excluding carboxylic acids is 1.